The molecule has 0 unspecified atom stereocenters. The van der Waals surface area contributed by atoms with E-state index in [4.69, 9.17) is 0 Å². The third-order valence-electron chi connectivity index (χ3n) is 4.57. The van der Waals surface area contributed by atoms with Gasteiger partial charge in [0.15, 0.2) is 0 Å². The molecule has 2 nitrogen and oxygen atoms in total. The highest BCUT2D eigenvalue weighted by Crippen LogP contribution is 2.23. The molecule has 4 rings (SSSR count). The molecule has 0 radical (unpaired) electrons. The van der Waals surface area contributed by atoms with E-state index in [1.54, 1.807) is 0 Å². The van der Waals surface area contributed by atoms with Gasteiger partial charge in [-0.1, -0.05) is 54.6 Å². The summed E-state index contributed by atoms with van der Waals surface area (Å²) in [4.78, 5) is 0. The number of aromatic nitrogens is 1. The van der Waals surface area contributed by atoms with Gasteiger partial charge >= 0.3 is 0 Å². The van der Waals surface area contributed by atoms with Crippen molar-refractivity contribution < 1.29 is 4.57 Å². The van der Waals surface area contributed by atoms with Gasteiger partial charge in [-0.3, -0.25) is 0 Å². The van der Waals surface area contributed by atoms with Crippen LogP contribution in [0.1, 0.15) is 11.3 Å². The largest absolute Gasteiger partial charge is 0.355 e. The molecule has 3 aromatic rings. The van der Waals surface area contributed by atoms with Crippen molar-refractivity contribution in [3.8, 4) is 0 Å². The summed E-state index contributed by atoms with van der Waals surface area (Å²) in [6.07, 6.45) is 14.6. The number of hydrogen-bond donors (Lipinski definition) is 1. The number of nitrogens with one attached hydrogen (secondary N) is 1. The summed E-state index contributed by atoms with van der Waals surface area (Å²) in [5.74, 6) is 0. The number of nitrogens with zero attached hydrogens (tertiary/aromatic N) is 1. The molecule has 1 N–H and O–H groups in total. The zero-order chi connectivity index (χ0) is 17.8. The average molecular weight is 337 g/mol. The van der Waals surface area contributed by atoms with Crippen LogP contribution in [0.2, 0.25) is 0 Å². The molecule has 1 aliphatic rings. The summed E-state index contributed by atoms with van der Waals surface area (Å²) in [5.41, 5.74) is 5.86. The maximum absolute atomic E-state index is 3.43. The number of para-hydroxylation sites is 2. The van der Waals surface area contributed by atoms with Crippen LogP contribution < -0.4 is 9.88 Å². The fourth-order valence-electron chi connectivity index (χ4n) is 3.13. The fourth-order valence-corrected chi connectivity index (χ4v) is 3.13. The van der Waals surface area contributed by atoms with Gasteiger partial charge in [-0.2, -0.15) is 4.57 Å². The Morgan fingerprint density at radius 2 is 1.65 bits per heavy atom. The molecule has 0 aliphatic carbocycles. The third-order valence-corrected chi connectivity index (χ3v) is 4.57. The van der Waals surface area contributed by atoms with Gasteiger partial charge in [-0.15, -0.1) is 0 Å². The smallest absolute Gasteiger partial charge is 0.212 e. The maximum Gasteiger partial charge on any atom is 0.212 e. The van der Waals surface area contributed by atoms with Crippen molar-refractivity contribution in [3.63, 3.8) is 0 Å². The van der Waals surface area contributed by atoms with Crippen LogP contribution in [0.3, 0.4) is 0 Å². The summed E-state index contributed by atoms with van der Waals surface area (Å²) in [6.45, 7) is 0. The number of aryl methyl sites for hydroxylation is 1. The van der Waals surface area contributed by atoms with Crippen LogP contribution in [-0.4, -0.2) is 0 Å². The van der Waals surface area contributed by atoms with Crippen molar-refractivity contribution in [1.82, 2.24) is 0 Å². The summed E-state index contributed by atoms with van der Waals surface area (Å²) < 4.78 is 2.21. The first-order chi connectivity index (χ1) is 12.8. The van der Waals surface area contributed by atoms with E-state index >= 15 is 0 Å². The van der Waals surface area contributed by atoms with Crippen molar-refractivity contribution >= 4 is 28.7 Å². The maximum atomic E-state index is 3.43. The molecule has 126 valence electrons. The Bertz CT molecular complexity index is 1070. The molecule has 0 fully saturated rings. The molecule has 1 aliphatic heterocycles. The van der Waals surface area contributed by atoms with Gasteiger partial charge < -0.3 is 5.32 Å². The molecule has 1 aromatic heterocycles. The van der Waals surface area contributed by atoms with Gasteiger partial charge in [0.25, 0.3) is 0 Å². The van der Waals surface area contributed by atoms with E-state index < -0.39 is 0 Å². The Balaban J connectivity index is 1.47. The van der Waals surface area contributed by atoms with E-state index in [-0.39, 0.29) is 0 Å². The van der Waals surface area contributed by atoms with Gasteiger partial charge in [0.2, 0.25) is 11.2 Å². The summed E-state index contributed by atoms with van der Waals surface area (Å²) in [7, 11) is 2.10. The second-order valence-corrected chi connectivity index (χ2v) is 6.29. The Labute approximate surface area is 154 Å². The molecule has 0 atom stereocenters. The van der Waals surface area contributed by atoms with Crippen LogP contribution in [0.5, 0.6) is 0 Å². The minimum Gasteiger partial charge on any atom is -0.355 e. The molecule has 0 saturated heterocycles. The molecule has 2 heterocycles. The SMILES string of the molecule is C[n+]1c(C=CC=CC=C2C=Cc3ccccc3N2)ccc2ccccc21. The van der Waals surface area contributed by atoms with Crippen molar-refractivity contribution in [2.45, 2.75) is 0 Å². The molecule has 0 amide bonds. The lowest BCUT2D eigenvalue weighted by molar-refractivity contribution is -0.646. The van der Waals surface area contributed by atoms with E-state index in [1.165, 1.54) is 22.2 Å². The molecular formula is C24H21N2+. The number of anilines is 1. The standard InChI is InChI=1S/C24H20N2/c1-26-22(18-16-20-10-6-8-14-24(20)26)12-4-2-3-11-21-17-15-19-9-5-7-13-23(19)25-21/h2-18H,1H3/p+1. The Morgan fingerprint density at radius 1 is 0.808 bits per heavy atom. The van der Waals surface area contributed by atoms with Gasteiger partial charge in [-0.05, 0) is 35.9 Å². The normalized spacial score (nSPS) is 15.0. The van der Waals surface area contributed by atoms with Crippen LogP contribution in [0.15, 0.2) is 96.7 Å². The quantitative estimate of drug-likeness (QED) is 0.509. The molecule has 2 aromatic carbocycles. The Kier molecular flexibility index (Phi) is 4.48. The second kappa shape index (κ2) is 7.24. The van der Waals surface area contributed by atoms with Gasteiger partial charge in [0.05, 0.1) is 0 Å². The van der Waals surface area contributed by atoms with Crippen molar-refractivity contribution in [3.05, 3.63) is 108 Å². The van der Waals surface area contributed by atoms with Crippen LogP contribution in [0, 0.1) is 0 Å². The Morgan fingerprint density at radius 3 is 2.62 bits per heavy atom. The molecule has 0 spiro atoms. The minimum absolute atomic E-state index is 1.09. The van der Waals surface area contributed by atoms with Gasteiger partial charge in [0.1, 0.15) is 7.05 Å². The molecule has 2 heteroatoms. The topological polar surface area (TPSA) is 15.9 Å². The number of hydrogen-bond acceptors (Lipinski definition) is 1. The van der Waals surface area contributed by atoms with E-state index in [1.807, 2.05) is 6.07 Å². The predicted molar refractivity (Wildman–Crippen MR) is 110 cm³/mol. The molecule has 0 bridgehead atoms. The van der Waals surface area contributed by atoms with Crippen LogP contribution >= 0.6 is 0 Å². The van der Waals surface area contributed by atoms with E-state index in [2.05, 4.69) is 114 Å². The number of fused-ring (bicyclic) bond motifs is 2. The van der Waals surface area contributed by atoms with Crippen molar-refractivity contribution in [2.75, 3.05) is 5.32 Å². The summed E-state index contributed by atoms with van der Waals surface area (Å²) in [6, 6.07) is 21.0. The lowest BCUT2D eigenvalue weighted by Crippen LogP contribution is -2.32. The summed E-state index contributed by atoms with van der Waals surface area (Å²) >= 11 is 0. The highest BCUT2D eigenvalue weighted by atomic mass is 14.9. The average Bonchev–Trinajstić information content (AvgIpc) is 2.69. The van der Waals surface area contributed by atoms with Crippen LogP contribution in [0.25, 0.3) is 23.1 Å². The monoisotopic (exact) mass is 337 g/mol. The summed E-state index contributed by atoms with van der Waals surface area (Å²) in [5, 5.41) is 4.68. The van der Waals surface area contributed by atoms with E-state index in [0.29, 0.717) is 0 Å². The predicted octanol–water partition coefficient (Wildman–Crippen LogP) is 5.26. The minimum atomic E-state index is 1.09. The first-order valence-electron chi connectivity index (χ1n) is 8.78. The fraction of sp³-hybridized carbons (Fsp3) is 0.0417. The highest BCUT2D eigenvalue weighted by Gasteiger charge is 2.07. The number of allylic oxidation sites excluding steroid dienone is 5. The molecule has 0 saturated carbocycles. The Hall–Kier alpha value is -3.39. The first kappa shape index (κ1) is 16.1. The lowest BCUT2D eigenvalue weighted by atomic mass is 10.1. The van der Waals surface area contributed by atoms with Gasteiger partial charge in [-0.25, -0.2) is 0 Å². The number of pyridine rings is 1. The second-order valence-electron chi connectivity index (χ2n) is 6.29. The van der Waals surface area contributed by atoms with Crippen LogP contribution in [-0.2, 0) is 7.05 Å². The van der Waals surface area contributed by atoms with Crippen LogP contribution in [0.4, 0.5) is 5.69 Å². The number of benzene rings is 2. The van der Waals surface area contributed by atoms with Crippen molar-refractivity contribution in [1.29, 1.82) is 0 Å². The number of rotatable bonds is 3. The third kappa shape index (κ3) is 3.35. The molecule has 26 heavy (non-hydrogen) atoms. The van der Waals surface area contributed by atoms with Gasteiger partial charge in [0, 0.05) is 35.0 Å². The zero-order valence-corrected chi connectivity index (χ0v) is 14.8. The highest BCUT2D eigenvalue weighted by molar-refractivity contribution is 5.76. The van der Waals surface area contributed by atoms with E-state index in [9.17, 15) is 0 Å². The van der Waals surface area contributed by atoms with E-state index in [0.717, 1.165) is 11.4 Å². The van der Waals surface area contributed by atoms with Crippen molar-refractivity contribution in [2.24, 2.45) is 7.05 Å². The zero-order valence-electron chi connectivity index (χ0n) is 14.8. The lowest BCUT2D eigenvalue weighted by Gasteiger charge is -2.14. The molecular weight excluding hydrogens is 316 g/mol. The first-order valence-corrected chi connectivity index (χ1v) is 8.78.